The highest BCUT2D eigenvalue weighted by Gasteiger charge is 2.17. The van der Waals surface area contributed by atoms with Crippen molar-refractivity contribution in [2.75, 3.05) is 12.3 Å². The van der Waals surface area contributed by atoms with E-state index in [0.717, 1.165) is 11.1 Å². The van der Waals surface area contributed by atoms with Gasteiger partial charge in [-0.15, -0.1) is 0 Å². The standard InChI is InChI=1S/C17H19ClN2O/c1-3-20(11-13-5-4-6-14(18)10-13)17(21)15-9-12(2)7-8-16(15)19/h4-10H,3,11,19H2,1-2H3. The van der Waals surface area contributed by atoms with Crippen molar-refractivity contribution < 1.29 is 4.79 Å². The summed E-state index contributed by atoms with van der Waals surface area (Å²) in [7, 11) is 0. The lowest BCUT2D eigenvalue weighted by Crippen LogP contribution is -2.31. The molecule has 0 bridgehead atoms. The van der Waals surface area contributed by atoms with E-state index in [1.54, 1.807) is 11.0 Å². The number of anilines is 1. The van der Waals surface area contributed by atoms with Crippen molar-refractivity contribution in [3.8, 4) is 0 Å². The van der Waals surface area contributed by atoms with Crippen LogP contribution in [-0.4, -0.2) is 17.4 Å². The van der Waals surface area contributed by atoms with E-state index in [1.165, 1.54) is 0 Å². The zero-order valence-electron chi connectivity index (χ0n) is 12.3. The Hall–Kier alpha value is -2.00. The Morgan fingerprint density at radius 3 is 2.67 bits per heavy atom. The minimum atomic E-state index is -0.0568. The molecule has 0 aliphatic heterocycles. The first kappa shape index (κ1) is 15.4. The average molecular weight is 303 g/mol. The fraction of sp³-hybridized carbons (Fsp3) is 0.235. The summed E-state index contributed by atoms with van der Waals surface area (Å²) in [5.74, 6) is -0.0568. The van der Waals surface area contributed by atoms with Gasteiger partial charge < -0.3 is 10.6 Å². The van der Waals surface area contributed by atoms with Gasteiger partial charge in [-0.25, -0.2) is 0 Å². The van der Waals surface area contributed by atoms with Crippen molar-refractivity contribution in [2.24, 2.45) is 0 Å². The van der Waals surface area contributed by atoms with Gasteiger partial charge in [0.25, 0.3) is 5.91 Å². The molecule has 2 aromatic carbocycles. The van der Waals surface area contributed by atoms with Crippen LogP contribution >= 0.6 is 11.6 Å². The maximum absolute atomic E-state index is 12.7. The van der Waals surface area contributed by atoms with E-state index in [4.69, 9.17) is 17.3 Å². The van der Waals surface area contributed by atoms with Crippen LogP contribution in [0.3, 0.4) is 0 Å². The second-order valence-corrected chi connectivity index (χ2v) is 5.48. The number of amides is 1. The van der Waals surface area contributed by atoms with Crippen molar-refractivity contribution in [1.82, 2.24) is 4.90 Å². The number of halogens is 1. The normalized spacial score (nSPS) is 10.4. The van der Waals surface area contributed by atoms with Crippen LogP contribution in [-0.2, 0) is 6.54 Å². The highest BCUT2D eigenvalue weighted by molar-refractivity contribution is 6.30. The summed E-state index contributed by atoms with van der Waals surface area (Å²) in [6.45, 7) is 5.03. The number of nitrogens with zero attached hydrogens (tertiary/aromatic N) is 1. The fourth-order valence-electron chi connectivity index (χ4n) is 2.21. The molecule has 110 valence electrons. The summed E-state index contributed by atoms with van der Waals surface area (Å²) >= 11 is 5.99. The quantitative estimate of drug-likeness (QED) is 0.871. The van der Waals surface area contributed by atoms with Gasteiger partial charge in [-0.1, -0.05) is 35.4 Å². The maximum atomic E-state index is 12.7. The summed E-state index contributed by atoms with van der Waals surface area (Å²) in [4.78, 5) is 14.4. The minimum Gasteiger partial charge on any atom is -0.398 e. The molecule has 3 nitrogen and oxygen atoms in total. The van der Waals surface area contributed by atoms with Crippen molar-refractivity contribution in [2.45, 2.75) is 20.4 Å². The van der Waals surface area contributed by atoms with E-state index in [-0.39, 0.29) is 5.91 Å². The number of hydrogen-bond acceptors (Lipinski definition) is 2. The third-order valence-corrected chi connectivity index (χ3v) is 3.61. The molecular weight excluding hydrogens is 284 g/mol. The smallest absolute Gasteiger partial charge is 0.256 e. The highest BCUT2D eigenvalue weighted by Crippen LogP contribution is 2.18. The van der Waals surface area contributed by atoms with Crippen LogP contribution in [0.4, 0.5) is 5.69 Å². The van der Waals surface area contributed by atoms with Gasteiger partial charge in [0.1, 0.15) is 0 Å². The van der Waals surface area contributed by atoms with Gasteiger partial charge in [0, 0.05) is 23.8 Å². The fourth-order valence-corrected chi connectivity index (χ4v) is 2.42. The largest absolute Gasteiger partial charge is 0.398 e. The van der Waals surface area contributed by atoms with Crippen molar-refractivity contribution in [3.63, 3.8) is 0 Å². The molecule has 0 fully saturated rings. The van der Waals surface area contributed by atoms with Crippen LogP contribution in [0.5, 0.6) is 0 Å². The molecule has 0 unspecified atom stereocenters. The number of carbonyl (C=O) groups excluding carboxylic acids is 1. The van der Waals surface area contributed by atoms with Crippen LogP contribution in [0.2, 0.25) is 5.02 Å². The molecule has 21 heavy (non-hydrogen) atoms. The van der Waals surface area contributed by atoms with Crippen LogP contribution < -0.4 is 5.73 Å². The Morgan fingerprint density at radius 2 is 2.00 bits per heavy atom. The Morgan fingerprint density at radius 1 is 1.24 bits per heavy atom. The summed E-state index contributed by atoms with van der Waals surface area (Å²) in [6, 6.07) is 13.0. The molecule has 2 aromatic rings. The van der Waals surface area contributed by atoms with E-state index in [9.17, 15) is 4.79 Å². The number of aryl methyl sites for hydroxylation is 1. The molecular formula is C17H19ClN2O. The van der Waals surface area contributed by atoms with E-state index in [0.29, 0.717) is 29.4 Å². The molecule has 0 spiro atoms. The summed E-state index contributed by atoms with van der Waals surface area (Å²) in [5.41, 5.74) is 9.02. The Balaban J connectivity index is 2.24. The topological polar surface area (TPSA) is 46.3 Å². The molecule has 1 amide bonds. The van der Waals surface area contributed by atoms with Gasteiger partial charge in [0.2, 0.25) is 0 Å². The zero-order valence-corrected chi connectivity index (χ0v) is 13.0. The molecule has 2 N–H and O–H groups in total. The van der Waals surface area contributed by atoms with Crippen LogP contribution in [0, 0.1) is 6.92 Å². The first-order valence-electron chi connectivity index (χ1n) is 6.91. The number of hydrogen-bond donors (Lipinski definition) is 1. The predicted molar refractivity (Wildman–Crippen MR) is 87.5 cm³/mol. The number of nitrogen functional groups attached to an aromatic ring is 1. The SMILES string of the molecule is CCN(Cc1cccc(Cl)c1)C(=O)c1cc(C)ccc1N. The summed E-state index contributed by atoms with van der Waals surface area (Å²) in [5, 5.41) is 0.672. The number of rotatable bonds is 4. The zero-order chi connectivity index (χ0) is 15.4. The monoisotopic (exact) mass is 302 g/mol. The van der Waals surface area contributed by atoms with Crippen molar-refractivity contribution in [1.29, 1.82) is 0 Å². The van der Waals surface area contributed by atoms with Gasteiger partial charge in [-0.2, -0.15) is 0 Å². The van der Waals surface area contributed by atoms with Gasteiger partial charge in [0.15, 0.2) is 0 Å². The van der Waals surface area contributed by atoms with E-state index >= 15 is 0 Å². The minimum absolute atomic E-state index is 0.0568. The lowest BCUT2D eigenvalue weighted by molar-refractivity contribution is 0.0753. The molecule has 2 rings (SSSR count). The second kappa shape index (κ2) is 6.64. The van der Waals surface area contributed by atoms with E-state index in [2.05, 4.69) is 0 Å². The lowest BCUT2D eigenvalue weighted by atomic mass is 10.1. The molecule has 0 saturated heterocycles. The highest BCUT2D eigenvalue weighted by atomic mass is 35.5. The number of nitrogens with two attached hydrogens (primary N) is 1. The molecule has 4 heteroatoms. The number of benzene rings is 2. The molecule has 0 aliphatic rings. The van der Waals surface area contributed by atoms with Crippen molar-refractivity contribution in [3.05, 3.63) is 64.2 Å². The first-order valence-corrected chi connectivity index (χ1v) is 7.29. The molecule has 0 saturated carbocycles. The van der Waals surface area contributed by atoms with Gasteiger partial charge in [0.05, 0.1) is 5.56 Å². The summed E-state index contributed by atoms with van der Waals surface area (Å²) < 4.78 is 0. The Bertz CT molecular complexity index is 655. The molecule has 0 radical (unpaired) electrons. The first-order chi connectivity index (χ1) is 10.0. The molecule has 0 heterocycles. The van der Waals surface area contributed by atoms with Gasteiger partial charge >= 0.3 is 0 Å². The molecule has 0 aromatic heterocycles. The van der Waals surface area contributed by atoms with Gasteiger partial charge in [-0.05, 0) is 43.7 Å². The maximum Gasteiger partial charge on any atom is 0.256 e. The predicted octanol–water partition coefficient (Wildman–Crippen LogP) is 3.89. The Labute approximate surface area is 130 Å². The van der Waals surface area contributed by atoms with E-state index in [1.807, 2.05) is 50.2 Å². The average Bonchev–Trinajstić information content (AvgIpc) is 2.46. The van der Waals surface area contributed by atoms with Crippen LogP contribution in [0.15, 0.2) is 42.5 Å². The second-order valence-electron chi connectivity index (χ2n) is 5.04. The van der Waals surface area contributed by atoms with E-state index < -0.39 is 0 Å². The lowest BCUT2D eigenvalue weighted by Gasteiger charge is -2.22. The Kier molecular flexibility index (Phi) is 4.86. The molecule has 0 atom stereocenters. The third kappa shape index (κ3) is 3.76. The van der Waals surface area contributed by atoms with Crippen LogP contribution in [0.1, 0.15) is 28.4 Å². The van der Waals surface area contributed by atoms with Crippen LogP contribution in [0.25, 0.3) is 0 Å². The summed E-state index contributed by atoms with van der Waals surface area (Å²) in [6.07, 6.45) is 0. The van der Waals surface area contributed by atoms with Crippen molar-refractivity contribution >= 4 is 23.2 Å². The molecule has 0 aliphatic carbocycles. The number of carbonyl (C=O) groups is 1. The van der Waals surface area contributed by atoms with Gasteiger partial charge in [-0.3, -0.25) is 4.79 Å². The third-order valence-electron chi connectivity index (χ3n) is 3.37.